The topological polar surface area (TPSA) is 411 Å². The molecule has 25 nitrogen and oxygen atoms in total. The van der Waals surface area contributed by atoms with Crippen LogP contribution in [0.5, 0.6) is 0 Å². The van der Waals surface area contributed by atoms with Crippen molar-refractivity contribution in [2.75, 3.05) is 51.6 Å². The molecule has 1 aromatic rings. The van der Waals surface area contributed by atoms with Crippen LogP contribution >= 0.6 is 11.8 Å². The lowest BCUT2D eigenvalue weighted by atomic mass is 9.83. The van der Waals surface area contributed by atoms with Crippen LogP contribution < -0.4 is 55.9 Å². The van der Waals surface area contributed by atoms with Gasteiger partial charge in [0.1, 0.15) is 6.54 Å². The van der Waals surface area contributed by atoms with Gasteiger partial charge in [-0.05, 0) is 70.9 Å². The van der Waals surface area contributed by atoms with E-state index in [2.05, 4.69) is 25.8 Å². The number of nitrogens with two attached hydrogens (primary N) is 5. The zero-order valence-electron chi connectivity index (χ0n) is 42.5. The van der Waals surface area contributed by atoms with Crippen LogP contribution in [0.2, 0.25) is 0 Å². The third-order valence-electron chi connectivity index (χ3n) is 12.8. The standard InChI is InChI=1S/C47H74FN13O12S/c1-27(62)57-33(12-5-7-15-54-41(69)28(10-8-16-55-45(52)53)19-35(64)34-13-9-17-59(34)23-30(50)11-4-6-14-49)36(65)21-47(2,3)44(72)56-22-31(63)18-29(40(51)68)26-74-37-20-38(66)60(43(37)71)25-39(67)61-24-32(48)42(70)58-46(61)73/h24,28-30,33-34,37H,4-23,25-26,49-50H2,1-3H3,(H2,51,68)(H,54,69)(H,56,72)(H,57,62)(H4,52,53,55)(H,58,70,73)/t28-,29+,30?,33?,34+,37?/m1/s1. The SMILES string of the molecule is CC(=O)NC(CCCCNC(=O)[C@H](CCCN=C(N)N)CC(=O)[C@@H]1CCCN1CC(N)CCCCN)C(=O)CC(C)(C)C(=O)NCC(=O)C[C@@H](CSC1CC(=O)N(CC(=O)n2cc(F)c(=O)[nH]c2=O)C1=O)C(N)=O. The Morgan fingerprint density at radius 1 is 0.932 bits per heavy atom. The summed E-state index contributed by atoms with van der Waals surface area (Å²) in [5, 5.41) is 6.92. The third kappa shape index (κ3) is 20.3. The number of unbranched alkanes of at least 4 members (excludes halogenated alkanes) is 2. The molecule has 6 atom stereocenters. The van der Waals surface area contributed by atoms with E-state index in [1.807, 2.05) is 0 Å². The Kier molecular flexibility index (Phi) is 25.4. The lowest BCUT2D eigenvalue weighted by Gasteiger charge is -2.27. The van der Waals surface area contributed by atoms with Crippen LogP contribution in [-0.2, 0) is 43.2 Å². The van der Waals surface area contributed by atoms with Gasteiger partial charge in [0.05, 0.1) is 41.4 Å². The van der Waals surface area contributed by atoms with E-state index in [9.17, 15) is 61.9 Å². The third-order valence-corrected chi connectivity index (χ3v) is 14.1. The fourth-order valence-corrected chi connectivity index (χ4v) is 9.94. The summed E-state index contributed by atoms with van der Waals surface area (Å²) in [5.74, 6) is -9.85. The Labute approximate surface area is 432 Å². The van der Waals surface area contributed by atoms with Gasteiger partial charge in [-0.3, -0.25) is 72.5 Å². The molecular formula is C47H74FN13O12S. The Hall–Kier alpha value is -6.19. The van der Waals surface area contributed by atoms with E-state index < -0.39 is 119 Å². The van der Waals surface area contributed by atoms with E-state index in [-0.39, 0.29) is 72.4 Å². The number of hydrogen-bond donors (Lipinski definition) is 9. The minimum absolute atomic E-state index is 0.0293. The fourth-order valence-electron chi connectivity index (χ4n) is 8.66. The van der Waals surface area contributed by atoms with Gasteiger partial charge in [0.2, 0.25) is 41.3 Å². The quantitative estimate of drug-likeness (QED) is 0.0151. The Morgan fingerprint density at radius 2 is 1.64 bits per heavy atom. The summed E-state index contributed by atoms with van der Waals surface area (Å²) >= 11 is 0.820. The number of aromatic nitrogens is 2. The highest BCUT2D eigenvalue weighted by atomic mass is 32.2. The highest BCUT2D eigenvalue weighted by Crippen LogP contribution is 2.29. The molecule has 0 radical (unpaired) electrons. The van der Waals surface area contributed by atoms with E-state index in [1.54, 1.807) is 4.98 Å². The van der Waals surface area contributed by atoms with Gasteiger partial charge in [0, 0.05) is 70.0 Å². The summed E-state index contributed by atoms with van der Waals surface area (Å²) in [4.78, 5) is 161. The van der Waals surface area contributed by atoms with Crippen LogP contribution in [0.1, 0.15) is 115 Å². The van der Waals surface area contributed by atoms with E-state index in [0.29, 0.717) is 56.3 Å². The molecule has 3 heterocycles. The lowest BCUT2D eigenvalue weighted by molar-refractivity contribution is -0.138. The number of halogens is 1. The molecule has 14 N–H and O–H groups in total. The summed E-state index contributed by atoms with van der Waals surface area (Å²) in [7, 11) is 0. The molecule has 0 aliphatic carbocycles. The predicted octanol–water partition coefficient (Wildman–Crippen LogP) is -2.32. The van der Waals surface area contributed by atoms with E-state index >= 15 is 0 Å². The Bertz CT molecular complexity index is 2360. The number of nitrogens with one attached hydrogen (secondary N) is 4. The first-order chi connectivity index (χ1) is 34.8. The average Bonchev–Trinajstić information content (AvgIpc) is 3.89. The number of carbonyl (C=O) groups excluding carboxylic acids is 10. The zero-order chi connectivity index (χ0) is 55.3. The molecular weight excluding hydrogens is 990 g/mol. The molecule has 2 aliphatic heterocycles. The Balaban J connectivity index is 1.49. The number of Topliss-reactive ketones (excluding diaryl/α,β-unsaturated/α-hetero) is 3. The van der Waals surface area contributed by atoms with Gasteiger partial charge in [0.25, 0.3) is 11.5 Å². The molecule has 1 aromatic heterocycles. The predicted molar refractivity (Wildman–Crippen MR) is 271 cm³/mol. The number of hydrogen-bond acceptors (Lipinski definition) is 17. The van der Waals surface area contributed by atoms with E-state index in [4.69, 9.17) is 28.7 Å². The van der Waals surface area contributed by atoms with Crippen molar-refractivity contribution in [1.29, 1.82) is 0 Å². The average molecular weight is 1060 g/mol. The number of thioether (sulfide) groups is 1. The van der Waals surface area contributed by atoms with Crippen LogP contribution in [-0.4, -0.2) is 159 Å². The second-order valence-corrected chi connectivity index (χ2v) is 20.7. The van der Waals surface area contributed by atoms with Crippen molar-refractivity contribution in [3.63, 3.8) is 0 Å². The molecule has 0 spiro atoms. The number of nitrogens with zero attached hydrogens (tertiary/aromatic N) is 4. The van der Waals surface area contributed by atoms with Crippen LogP contribution in [0.15, 0.2) is 20.8 Å². The van der Waals surface area contributed by atoms with Gasteiger partial charge in [-0.1, -0.05) is 20.3 Å². The molecule has 0 bridgehead atoms. The van der Waals surface area contributed by atoms with Gasteiger partial charge in [-0.15, -0.1) is 11.8 Å². The number of likely N-dealkylation sites (tertiary alicyclic amines) is 2. The number of aromatic amines is 1. The molecule has 3 rings (SSSR count). The van der Waals surface area contributed by atoms with E-state index in [0.717, 1.165) is 44.0 Å². The van der Waals surface area contributed by atoms with Gasteiger partial charge in [-0.2, -0.15) is 4.39 Å². The van der Waals surface area contributed by atoms with Crippen molar-refractivity contribution in [2.45, 2.75) is 134 Å². The first kappa shape index (κ1) is 62.1. The molecule has 412 valence electrons. The smallest absolute Gasteiger partial charge is 0.335 e. The number of aliphatic imine (C=N–C) groups is 1. The maximum Gasteiger partial charge on any atom is 0.335 e. The van der Waals surface area contributed by atoms with E-state index in [1.165, 1.54) is 20.8 Å². The van der Waals surface area contributed by atoms with Crippen molar-refractivity contribution >= 4 is 76.4 Å². The molecule has 2 fully saturated rings. The van der Waals surface area contributed by atoms with Crippen molar-refractivity contribution < 1.29 is 52.3 Å². The summed E-state index contributed by atoms with van der Waals surface area (Å²) in [5.41, 5.74) is 24.5. The first-order valence-corrected chi connectivity index (χ1v) is 25.8. The van der Waals surface area contributed by atoms with Crippen LogP contribution in [0.3, 0.4) is 0 Å². The minimum atomic E-state index is -1.45. The van der Waals surface area contributed by atoms with Crippen molar-refractivity contribution in [1.82, 2.24) is 35.3 Å². The summed E-state index contributed by atoms with van der Waals surface area (Å²) < 4.78 is 13.9. The number of guanidine groups is 1. The molecule has 74 heavy (non-hydrogen) atoms. The Morgan fingerprint density at radius 3 is 2.30 bits per heavy atom. The minimum Gasteiger partial charge on any atom is -0.370 e. The normalized spacial score (nSPS) is 17.5. The van der Waals surface area contributed by atoms with Crippen molar-refractivity contribution in [2.24, 2.45) is 50.9 Å². The van der Waals surface area contributed by atoms with Gasteiger partial charge in [0.15, 0.2) is 23.3 Å². The second kappa shape index (κ2) is 30.2. The molecule has 27 heteroatoms. The number of rotatable bonds is 34. The van der Waals surface area contributed by atoms with Gasteiger partial charge in [-0.25, -0.2) is 9.36 Å². The highest BCUT2D eigenvalue weighted by Gasteiger charge is 2.41. The molecule has 2 aliphatic rings. The second-order valence-electron chi connectivity index (χ2n) is 19.4. The maximum atomic E-state index is 13.7. The fraction of sp³-hybridized carbons (Fsp3) is 0.681. The molecule has 0 aromatic carbocycles. The summed E-state index contributed by atoms with van der Waals surface area (Å²) in [6, 6.07) is -1.40. The van der Waals surface area contributed by atoms with Crippen molar-refractivity contribution in [3.05, 3.63) is 32.9 Å². The van der Waals surface area contributed by atoms with Crippen molar-refractivity contribution in [3.8, 4) is 0 Å². The maximum absolute atomic E-state index is 13.7. The molecule has 0 saturated carbocycles. The molecule has 2 saturated heterocycles. The zero-order valence-corrected chi connectivity index (χ0v) is 43.3. The van der Waals surface area contributed by atoms with Gasteiger partial charge >= 0.3 is 5.69 Å². The molecule has 3 unspecified atom stereocenters. The molecule has 6 amide bonds. The monoisotopic (exact) mass is 1060 g/mol. The summed E-state index contributed by atoms with van der Waals surface area (Å²) in [6.07, 6.45) is 5.10. The number of ketones is 3. The lowest BCUT2D eigenvalue weighted by Crippen LogP contribution is -2.45. The number of H-pyrrole nitrogens is 1. The van der Waals surface area contributed by atoms with Crippen LogP contribution in [0.4, 0.5) is 4.39 Å². The first-order valence-electron chi connectivity index (χ1n) is 24.8. The number of imide groups is 1. The van der Waals surface area contributed by atoms with Crippen LogP contribution in [0.25, 0.3) is 0 Å². The van der Waals surface area contributed by atoms with Crippen LogP contribution in [0, 0.1) is 23.1 Å². The number of primary amides is 1. The largest absolute Gasteiger partial charge is 0.370 e. The number of amides is 6. The summed E-state index contributed by atoms with van der Waals surface area (Å²) in [6.45, 7) is 5.12. The highest BCUT2D eigenvalue weighted by molar-refractivity contribution is 8.00. The number of carbonyl (C=O) groups is 10. The van der Waals surface area contributed by atoms with Gasteiger partial charge < -0.3 is 44.6 Å².